The highest BCUT2D eigenvalue weighted by Gasteiger charge is 2.28. The van der Waals surface area contributed by atoms with Crippen LogP contribution in [-0.2, 0) is 31.4 Å². The van der Waals surface area contributed by atoms with Gasteiger partial charge < -0.3 is 24.5 Å². The molecule has 0 spiro atoms. The van der Waals surface area contributed by atoms with E-state index in [9.17, 15) is 25.1 Å². The van der Waals surface area contributed by atoms with E-state index in [1.807, 2.05) is 61.0 Å². The fourth-order valence-corrected chi connectivity index (χ4v) is 7.74. The topological polar surface area (TPSA) is 161 Å². The van der Waals surface area contributed by atoms with Crippen LogP contribution in [0.3, 0.4) is 0 Å². The van der Waals surface area contributed by atoms with Gasteiger partial charge in [-0.3, -0.25) is 19.4 Å². The van der Waals surface area contributed by atoms with Crippen LogP contribution in [0.25, 0.3) is 33.7 Å². The standard InChI is InChI=1S/C39H40ClN7O5/c1-22(48)19-47-15-12-33-32(21-47)42-36(45(33)3)37(49)43-30-9-5-8-29(34(30)40)27-6-4-7-28(23(27)2)38-44-31-17-24(16-26(18-41)35(31)52-38)20-46-13-10-25(11-14-46)39(50)51/h4-9,16-17,22,25,48H,10-15,19-21H2,1-3H3,(H,43,49)(H,50,51)/t22-/m1/s1. The summed E-state index contributed by atoms with van der Waals surface area (Å²) in [6.07, 6.45) is 1.49. The molecule has 2 aliphatic rings. The molecule has 268 valence electrons. The lowest BCUT2D eigenvalue weighted by molar-refractivity contribution is -0.143. The van der Waals surface area contributed by atoms with Crippen molar-refractivity contribution in [2.45, 2.75) is 52.3 Å². The zero-order valence-electron chi connectivity index (χ0n) is 29.3. The molecule has 3 N–H and O–H groups in total. The smallest absolute Gasteiger partial charge is 0.306 e. The van der Waals surface area contributed by atoms with Gasteiger partial charge in [-0.25, -0.2) is 9.97 Å². The molecule has 0 radical (unpaired) electrons. The molecule has 0 saturated carbocycles. The maximum atomic E-state index is 13.6. The summed E-state index contributed by atoms with van der Waals surface area (Å²) in [4.78, 5) is 38.8. The van der Waals surface area contributed by atoms with Crippen molar-refractivity contribution in [3.05, 3.63) is 87.5 Å². The average molecular weight is 722 g/mol. The van der Waals surface area contributed by atoms with Gasteiger partial charge in [0, 0.05) is 56.5 Å². The number of aliphatic hydroxyl groups is 1. The first-order valence-electron chi connectivity index (χ1n) is 17.4. The first-order chi connectivity index (χ1) is 25.0. The Morgan fingerprint density at radius 2 is 1.81 bits per heavy atom. The maximum absolute atomic E-state index is 13.6. The largest absolute Gasteiger partial charge is 0.481 e. The lowest BCUT2D eigenvalue weighted by atomic mass is 9.96. The van der Waals surface area contributed by atoms with Gasteiger partial charge in [-0.05, 0) is 80.7 Å². The number of aliphatic carboxylic acids is 1. The van der Waals surface area contributed by atoms with Crippen LogP contribution >= 0.6 is 11.6 Å². The molecule has 0 unspecified atom stereocenters. The number of nitriles is 1. The highest BCUT2D eigenvalue weighted by molar-refractivity contribution is 6.36. The third-order valence-corrected chi connectivity index (χ3v) is 10.6. The molecule has 12 nitrogen and oxygen atoms in total. The van der Waals surface area contributed by atoms with Crippen molar-refractivity contribution in [2.75, 3.05) is 31.5 Å². The minimum absolute atomic E-state index is 0.294. The number of carboxylic acid groups (broad SMARTS) is 1. The summed E-state index contributed by atoms with van der Waals surface area (Å²) >= 11 is 7.00. The molecule has 52 heavy (non-hydrogen) atoms. The Labute approximate surface area is 306 Å². The molecule has 1 atom stereocenters. The fraction of sp³-hybridized carbons (Fsp3) is 0.359. The van der Waals surface area contributed by atoms with Gasteiger partial charge in [-0.2, -0.15) is 5.26 Å². The predicted molar refractivity (Wildman–Crippen MR) is 197 cm³/mol. The molecular weight excluding hydrogens is 682 g/mol. The number of carbonyl (C=O) groups excluding carboxylic acids is 1. The highest BCUT2D eigenvalue weighted by Crippen LogP contribution is 2.39. The van der Waals surface area contributed by atoms with E-state index < -0.39 is 12.1 Å². The number of nitrogens with zero attached hydrogens (tertiary/aromatic N) is 6. The second-order valence-electron chi connectivity index (χ2n) is 13.8. The van der Waals surface area contributed by atoms with Crippen molar-refractivity contribution >= 4 is 40.3 Å². The molecule has 1 fully saturated rings. The van der Waals surface area contributed by atoms with Crippen LogP contribution in [0, 0.1) is 24.2 Å². The second kappa shape index (κ2) is 14.5. The van der Waals surface area contributed by atoms with Gasteiger partial charge in [0.25, 0.3) is 5.91 Å². The van der Waals surface area contributed by atoms with Gasteiger partial charge in [0.15, 0.2) is 11.4 Å². The van der Waals surface area contributed by atoms with E-state index in [1.54, 1.807) is 13.0 Å². The number of aromatic nitrogens is 3. The zero-order chi connectivity index (χ0) is 36.7. The number of anilines is 1. The van der Waals surface area contributed by atoms with Crippen molar-refractivity contribution in [1.29, 1.82) is 5.26 Å². The number of piperidine rings is 1. The number of likely N-dealkylation sites (tertiary alicyclic amines) is 1. The van der Waals surface area contributed by atoms with Crippen LogP contribution in [0.4, 0.5) is 5.69 Å². The average Bonchev–Trinajstić information content (AvgIpc) is 3.69. The quantitative estimate of drug-likeness (QED) is 0.164. The van der Waals surface area contributed by atoms with Gasteiger partial charge in [0.1, 0.15) is 11.6 Å². The number of rotatable bonds is 9. The minimum Gasteiger partial charge on any atom is -0.481 e. The number of hydrogen-bond acceptors (Lipinski definition) is 9. The molecule has 1 amide bonds. The Morgan fingerprint density at radius 1 is 1.08 bits per heavy atom. The summed E-state index contributed by atoms with van der Waals surface area (Å²) in [7, 11) is 1.84. The van der Waals surface area contributed by atoms with Crippen LogP contribution in [0.1, 0.15) is 58.5 Å². The summed E-state index contributed by atoms with van der Waals surface area (Å²) in [6.45, 7) is 7.56. The molecule has 0 aliphatic carbocycles. The Balaban J connectivity index is 1.13. The van der Waals surface area contributed by atoms with E-state index >= 15 is 0 Å². The molecule has 5 aromatic rings. The first kappa shape index (κ1) is 35.3. The van der Waals surface area contributed by atoms with Crippen LogP contribution in [0.2, 0.25) is 5.02 Å². The summed E-state index contributed by atoms with van der Waals surface area (Å²) in [5, 5.41) is 32.5. The van der Waals surface area contributed by atoms with Crippen molar-refractivity contribution in [3.8, 4) is 28.7 Å². The first-order valence-corrected chi connectivity index (χ1v) is 17.8. The SMILES string of the molecule is Cc1c(-c2nc3cc(CN4CCC(C(=O)O)CC4)cc(C#N)c3o2)cccc1-c1cccc(NC(=O)c2nc3c(n2C)CCN(C[C@@H](C)O)C3)c1Cl. The van der Waals surface area contributed by atoms with E-state index in [0.717, 1.165) is 52.2 Å². The van der Waals surface area contributed by atoms with Gasteiger partial charge in [0.05, 0.1) is 34.0 Å². The van der Waals surface area contributed by atoms with Gasteiger partial charge in [-0.1, -0.05) is 35.9 Å². The maximum Gasteiger partial charge on any atom is 0.306 e. The number of β-amino-alcohol motifs (C(OH)–C–C–N with tert-alkyl or cyclic N) is 1. The summed E-state index contributed by atoms with van der Waals surface area (Å²) in [5.74, 6) is -0.759. The number of oxazole rings is 1. The summed E-state index contributed by atoms with van der Waals surface area (Å²) < 4.78 is 8.07. The number of benzene rings is 3. The van der Waals surface area contributed by atoms with Crippen molar-refractivity contribution in [1.82, 2.24) is 24.3 Å². The van der Waals surface area contributed by atoms with Crippen molar-refractivity contribution in [2.24, 2.45) is 13.0 Å². The number of imidazole rings is 1. The normalized spacial score (nSPS) is 16.1. The number of fused-ring (bicyclic) bond motifs is 2. The van der Waals surface area contributed by atoms with Crippen LogP contribution in [0.5, 0.6) is 0 Å². The number of carboxylic acids is 1. The fourth-order valence-electron chi connectivity index (χ4n) is 7.47. The molecule has 3 aromatic carbocycles. The van der Waals surface area contributed by atoms with E-state index in [-0.39, 0.29) is 11.8 Å². The molecular formula is C39H40ClN7O5. The zero-order valence-corrected chi connectivity index (χ0v) is 30.1. The number of aliphatic hydroxyl groups excluding tert-OH is 1. The number of halogens is 1. The molecule has 13 heteroatoms. The lowest BCUT2D eigenvalue weighted by Gasteiger charge is -2.30. The second-order valence-corrected chi connectivity index (χ2v) is 14.2. The number of nitrogens with one attached hydrogen (secondary N) is 1. The van der Waals surface area contributed by atoms with Crippen LogP contribution < -0.4 is 5.32 Å². The molecule has 2 aliphatic heterocycles. The summed E-state index contributed by atoms with van der Waals surface area (Å²) in [6, 6.07) is 17.2. The molecule has 4 heterocycles. The van der Waals surface area contributed by atoms with Gasteiger partial charge in [0.2, 0.25) is 5.89 Å². The Hall–Kier alpha value is -5.06. The Bertz CT molecular complexity index is 2230. The predicted octanol–water partition coefficient (Wildman–Crippen LogP) is 6.02. The molecule has 2 aromatic heterocycles. The van der Waals surface area contributed by atoms with E-state index in [1.165, 1.54) is 0 Å². The van der Waals surface area contributed by atoms with Crippen molar-refractivity contribution < 1.29 is 24.2 Å². The summed E-state index contributed by atoms with van der Waals surface area (Å²) in [5.41, 5.74) is 7.72. The molecule has 7 rings (SSSR count). The molecule has 1 saturated heterocycles. The highest BCUT2D eigenvalue weighted by atomic mass is 35.5. The monoisotopic (exact) mass is 721 g/mol. The lowest BCUT2D eigenvalue weighted by Crippen LogP contribution is -2.36. The minimum atomic E-state index is -0.745. The molecule has 0 bridgehead atoms. The van der Waals surface area contributed by atoms with Crippen molar-refractivity contribution in [3.63, 3.8) is 0 Å². The van der Waals surface area contributed by atoms with Gasteiger partial charge in [-0.15, -0.1) is 0 Å². The van der Waals surface area contributed by atoms with E-state index in [2.05, 4.69) is 26.2 Å². The Kier molecular flexibility index (Phi) is 9.87. The van der Waals surface area contributed by atoms with Crippen LogP contribution in [0.15, 0.2) is 52.9 Å². The van der Waals surface area contributed by atoms with Gasteiger partial charge >= 0.3 is 5.97 Å². The van der Waals surface area contributed by atoms with E-state index in [0.29, 0.717) is 84.7 Å². The van der Waals surface area contributed by atoms with E-state index in [4.69, 9.17) is 21.0 Å². The third kappa shape index (κ3) is 6.92. The third-order valence-electron chi connectivity index (χ3n) is 10.2. The number of hydrogen-bond donors (Lipinski definition) is 3. The Morgan fingerprint density at radius 3 is 2.54 bits per heavy atom. The number of carbonyl (C=O) groups is 2. The number of amides is 1. The van der Waals surface area contributed by atoms with Crippen LogP contribution in [-0.4, -0.2) is 78.7 Å².